The van der Waals surface area contributed by atoms with Crippen molar-refractivity contribution in [2.24, 2.45) is 0 Å². The third-order valence-corrected chi connectivity index (χ3v) is 3.49. The molecule has 0 aliphatic rings. The van der Waals surface area contributed by atoms with Gasteiger partial charge in [-0.1, -0.05) is 84.0 Å². The Labute approximate surface area is 131 Å². The molecule has 0 heterocycles. The number of carboxylic acid groups (broad SMARTS) is 1. The van der Waals surface area contributed by atoms with Crippen molar-refractivity contribution in [2.75, 3.05) is 6.38 Å². The predicted molar refractivity (Wildman–Crippen MR) is 89.7 cm³/mol. The Bertz CT molecular complexity index is 184. The molecule has 1 N–H and O–H groups in total. The lowest BCUT2D eigenvalue weighted by atomic mass is 10.0. The van der Waals surface area contributed by atoms with E-state index in [1.54, 1.807) is 0 Å². The fourth-order valence-corrected chi connectivity index (χ4v) is 2.29. The fraction of sp³-hybridized carbons (Fsp3) is 0.941. The minimum atomic E-state index is -0.655. The van der Waals surface area contributed by atoms with Crippen LogP contribution in [-0.2, 0) is 4.79 Å². The van der Waals surface area contributed by atoms with Crippen LogP contribution in [0.1, 0.15) is 96.8 Å². The molecular weight excluding hydrogens is 272 g/mol. The number of carbonyl (C=O) groups is 1. The van der Waals surface area contributed by atoms with Crippen LogP contribution in [0.5, 0.6) is 0 Å². The summed E-state index contributed by atoms with van der Waals surface area (Å²) in [4.78, 5) is 10.3. The van der Waals surface area contributed by atoms with Crippen molar-refractivity contribution >= 4 is 17.6 Å². The lowest BCUT2D eigenvalue weighted by Crippen LogP contribution is -1.93. The summed E-state index contributed by atoms with van der Waals surface area (Å²) >= 11 is 4.64. The first-order valence-corrected chi connectivity index (χ1v) is 9.12. The van der Waals surface area contributed by atoms with E-state index in [0.29, 0.717) is 6.42 Å². The highest BCUT2D eigenvalue weighted by Gasteiger charge is 1.96. The molecule has 0 aliphatic carbocycles. The Morgan fingerprint density at radius 2 is 1.00 bits per heavy atom. The van der Waals surface area contributed by atoms with Gasteiger partial charge >= 0.3 is 5.97 Å². The van der Waals surface area contributed by atoms with Crippen molar-refractivity contribution in [1.82, 2.24) is 0 Å². The van der Waals surface area contributed by atoms with Gasteiger partial charge in [-0.15, -0.1) is 11.6 Å². The smallest absolute Gasteiger partial charge is 0.303 e. The van der Waals surface area contributed by atoms with Gasteiger partial charge in [0.05, 0.1) is 0 Å². The number of hydrogen-bond acceptors (Lipinski definition) is 1. The second-order valence-electron chi connectivity index (χ2n) is 5.39. The number of unbranched alkanes of at least 4 members (excludes halogenated alkanes) is 12. The van der Waals surface area contributed by atoms with Crippen LogP contribution in [0.4, 0.5) is 0 Å². The SMILES string of the molecule is CCCCCCCCCCCCCCCC(=O)O.CCl. The summed E-state index contributed by atoms with van der Waals surface area (Å²) in [6, 6.07) is 0. The van der Waals surface area contributed by atoms with Crippen LogP contribution in [0.15, 0.2) is 0 Å². The molecule has 0 rings (SSSR count). The van der Waals surface area contributed by atoms with E-state index in [2.05, 4.69) is 18.5 Å². The zero-order valence-electron chi connectivity index (χ0n) is 13.6. The quantitative estimate of drug-likeness (QED) is 0.297. The van der Waals surface area contributed by atoms with Crippen molar-refractivity contribution in [3.05, 3.63) is 0 Å². The molecule has 0 aromatic rings. The van der Waals surface area contributed by atoms with E-state index < -0.39 is 5.97 Å². The van der Waals surface area contributed by atoms with Gasteiger partial charge in [0, 0.05) is 12.8 Å². The standard InChI is InChI=1S/C16H32O2.CH3Cl/c1-2-3-4-5-6-7-8-9-10-11-12-13-14-15-16(17)18;1-2/h2-15H2,1H3,(H,17,18);1H3. The van der Waals surface area contributed by atoms with Crippen molar-refractivity contribution in [3.8, 4) is 0 Å². The second-order valence-corrected chi connectivity index (χ2v) is 5.39. The van der Waals surface area contributed by atoms with Crippen molar-refractivity contribution in [1.29, 1.82) is 0 Å². The first-order chi connectivity index (χ1) is 9.77. The van der Waals surface area contributed by atoms with Crippen molar-refractivity contribution in [2.45, 2.75) is 96.8 Å². The average molecular weight is 307 g/mol. The number of rotatable bonds is 14. The monoisotopic (exact) mass is 306 g/mol. The highest BCUT2D eigenvalue weighted by atomic mass is 35.5. The van der Waals surface area contributed by atoms with Crippen LogP contribution < -0.4 is 0 Å². The van der Waals surface area contributed by atoms with Crippen molar-refractivity contribution in [3.63, 3.8) is 0 Å². The van der Waals surface area contributed by atoms with E-state index >= 15 is 0 Å². The van der Waals surface area contributed by atoms with Crippen LogP contribution in [0, 0.1) is 0 Å². The van der Waals surface area contributed by atoms with Crippen molar-refractivity contribution < 1.29 is 9.90 Å². The molecule has 0 atom stereocenters. The Morgan fingerprint density at radius 1 is 0.700 bits per heavy atom. The average Bonchev–Trinajstić information content (AvgIpc) is 2.46. The second kappa shape index (κ2) is 21.1. The molecule has 0 amide bonds. The minimum absolute atomic E-state index is 0.345. The summed E-state index contributed by atoms with van der Waals surface area (Å²) < 4.78 is 0. The lowest BCUT2D eigenvalue weighted by molar-refractivity contribution is -0.137. The predicted octanol–water partition coefficient (Wildman–Crippen LogP) is 6.41. The van der Waals surface area contributed by atoms with Gasteiger partial charge in [-0.25, -0.2) is 0 Å². The maximum Gasteiger partial charge on any atom is 0.303 e. The number of hydrogen-bond donors (Lipinski definition) is 1. The highest BCUT2D eigenvalue weighted by molar-refractivity contribution is 6.15. The van der Waals surface area contributed by atoms with E-state index in [9.17, 15) is 4.79 Å². The summed E-state index contributed by atoms with van der Waals surface area (Å²) in [6.07, 6.45) is 18.7. The molecule has 0 fully saturated rings. The van der Waals surface area contributed by atoms with E-state index in [1.807, 2.05) is 0 Å². The van der Waals surface area contributed by atoms with Crippen LogP contribution in [0.3, 0.4) is 0 Å². The first-order valence-electron chi connectivity index (χ1n) is 8.37. The third-order valence-electron chi connectivity index (χ3n) is 3.49. The van der Waals surface area contributed by atoms with E-state index in [4.69, 9.17) is 5.11 Å². The third kappa shape index (κ3) is 22.9. The summed E-state index contributed by atoms with van der Waals surface area (Å²) in [5, 5.41) is 8.49. The van der Waals surface area contributed by atoms with E-state index in [-0.39, 0.29) is 0 Å². The molecule has 2 nitrogen and oxygen atoms in total. The number of alkyl halides is 1. The molecule has 0 saturated carbocycles. The van der Waals surface area contributed by atoms with Gasteiger partial charge in [0.2, 0.25) is 0 Å². The van der Waals surface area contributed by atoms with Gasteiger partial charge < -0.3 is 5.11 Å². The molecule has 0 radical (unpaired) electrons. The Hall–Kier alpha value is -0.240. The zero-order chi connectivity index (χ0) is 15.5. The largest absolute Gasteiger partial charge is 0.481 e. The zero-order valence-corrected chi connectivity index (χ0v) is 14.4. The molecule has 0 saturated heterocycles. The Balaban J connectivity index is 0. The summed E-state index contributed by atoms with van der Waals surface area (Å²) in [5.74, 6) is -0.655. The Morgan fingerprint density at radius 3 is 1.30 bits per heavy atom. The maximum absolute atomic E-state index is 10.3. The molecule has 20 heavy (non-hydrogen) atoms. The molecule has 0 unspecified atom stereocenters. The molecule has 122 valence electrons. The van der Waals surface area contributed by atoms with Crippen LogP contribution in [0.25, 0.3) is 0 Å². The molecule has 0 aliphatic heterocycles. The topological polar surface area (TPSA) is 37.3 Å². The Kier molecular flexibility index (Phi) is 23.2. The molecule has 0 spiro atoms. The van der Waals surface area contributed by atoms with Gasteiger partial charge in [-0.3, -0.25) is 4.79 Å². The molecule has 0 aromatic heterocycles. The molecule has 0 aromatic carbocycles. The summed E-state index contributed by atoms with van der Waals surface area (Å²) in [7, 11) is 0. The van der Waals surface area contributed by atoms with Gasteiger partial charge in [0.15, 0.2) is 0 Å². The normalized spacial score (nSPS) is 9.95. The van der Waals surface area contributed by atoms with E-state index in [1.165, 1.54) is 77.0 Å². The number of carboxylic acids is 1. The van der Waals surface area contributed by atoms with Gasteiger partial charge in [0.1, 0.15) is 0 Å². The van der Waals surface area contributed by atoms with Crippen LogP contribution >= 0.6 is 11.6 Å². The summed E-state index contributed by atoms with van der Waals surface area (Å²) in [6.45, 7) is 2.26. The van der Waals surface area contributed by atoms with Gasteiger partial charge in [0.25, 0.3) is 0 Å². The number of aliphatic carboxylic acids is 1. The fourth-order valence-electron chi connectivity index (χ4n) is 2.29. The van der Waals surface area contributed by atoms with Gasteiger partial charge in [-0.2, -0.15) is 0 Å². The first kappa shape index (κ1) is 22.0. The van der Waals surface area contributed by atoms with Gasteiger partial charge in [-0.05, 0) is 6.42 Å². The molecule has 3 heteroatoms. The highest BCUT2D eigenvalue weighted by Crippen LogP contribution is 2.12. The van der Waals surface area contributed by atoms with Crippen LogP contribution in [0.2, 0.25) is 0 Å². The van der Waals surface area contributed by atoms with E-state index in [0.717, 1.165) is 12.8 Å². The maximum atomic E-state index is 10.3. The molecule has 0 bridgehead atoms. The minimum Gasteiger partial charge on any atom is -0.481 e. The lowest BCUT2D eigenvalue weighted by Gasteiger charge is -2.02. The van der Waals surface area contributed by atoms with Crippen LogP contribution in [-0.4, -0.2) is 17.5 Å². The number of halogens is 1. The molecular formula is C17H35ClO2. The summed E-state index contributed by atoms with van der Waals surface area (Å²) in [5.41, 5.74) is 0.